The lowest BCUT2D eigenvalue weighted by Crippen LogP contribution is -2.70. The number of hydrogen-bond donors (Lipinski definition) is 3. The van der Waals surface area contributed by atoms with E-state index in [9.17, 15) is 19.8 Å². The quantitative estimate of drug-likeness (QED) is 0.0716. The average molecular weight is 832 g/mol. The topological polar surface area (TPSA) is 148 Å². The van der Waals surface area contributed by atoms with Gasteiger partial charge in [0.1, 0.15) is 23.1 Å². The molecule has 60 heavy (non-hydrogen) atoms. The first-order valence-electron chi connectivity index (χ1n) is 21.8. The fraction of sp³-hybridized carbons (Fsp3) is 0.604. The number of rotatable bonds is 19. The highest BCUT2D eigenvalue weighted by Gasteiger charge is 2.65. The van der Waals surface area contributed by atoms with Crippen molar-refractivity contribution < 1.29 is 43.6 Å². The number of nitrogens with one attached hydrogen (secondary N) is 1. The van der Waals surface area contributed by atoms with E-state index < -0.39 is 35.5 Å². The van der Waals surface area contributed by atoms with Gasteiger partial charge in [-0.3, -0.25) is 4.90 Å². The summed E-state index contributed by atoms with van der Waals surface area (Å²) in [6, 6.07) is 14.4. The predicted octanol–water partition coefficient (Wildman–Crippen LogP) is 9.30. The molecule has 0 spiro atoms. The summed E-state index contributed by atoms with van der Waals surface area (Å²) in [5.74, 6) is -1.21. The number of hydrogen-bond acceptors (Lipinski definition) is 10. The Morgan fingerprint density at radius 2 is 1.73 bits per heavy atom. The van der Waals surface area contributed by atoms with Gasteiger partial charge < -0.3 is 39.3 Å². The molecule has 2 aromatic rings. The molecule has 12 heteroatoms. The Morgan fingerprint density at radius 3 is 2.38 bits per heavy atom. The van der Waals surface area contributed by atoms with Crippen molar-refractivity contribution in [3.8, 4) is 11.5 Å². The number of aliphatic hydroxyl groups is 2. The van der Waals surface area contributed by atoms with Crippen LogP contribution in [0.5, 0.6) is 11.5 Å². The molecule has 0 unspecified atom stereocenters. The molecule has 1 saturated carbocycles. The molecule has 3 aliphatic rings. The van der Waals surface area contributed by atoms with Crippen LogP contribution in [0.1, 0.15) is 117 Å². The van der Waals surface area contributed by atoms with Gasteiger partial charge in [0.2, 0.25) is 5.79 Å². The number of nitrogens with zero attached hydrogens (tertiary/aromatic N) is 2. The van der Waals surface area contributed by atoms with Gasteiger partial charge in [-0.15, -0.1) is 6.58 Å². The zero-order valence-electron chi connectivity index (χ0n) is 36.9. The number of benzene rings is 2. The van der Waals surface area contributed by atoms with Gasteiger partial charge in [-0.2, -0.15) is 0 Å². The number of amides is 2. The summed E-state index contributed by atoms with van der Waals surface area (Å²) in [7, 11) is 0. The molecule has 0 bridgehead atoms. The van der Waals surface area contributed by atoms with Crippen LogP contribution in [0.3, 0.4) is 0 Å². The standard InChI is InChI=1S/C48H69N3O9/c1-9-24-51(45(55)56-32-46(3,4)5)41-30-39(50-60-47(6,7)8)37-28-34(20-14-16-25-52)36(21-15-17-26-53)42-38-29-35(58-44(54)49-31-33-18-12-11-13-19-33)22-23-40(38)59-48(41,43(37)42)57-27-10-2/h10-13,18-19,22-23,28-29,34,36,41-43,52-53H,2,9,14-17,20-21,24-27,30-32H2,1,3-8H3,(H,49,54)/t34-,36+,41-,42+,43+,48+/m0/s1. The van der Waals surface area contributed by atoms with E-state index in [1.807, 2.05) is 90.9 Å². The molecule has 0 aromatic heterocycles. The molecule has 2 aromatic carbocycles. The van der Waals surface area contributed by atoms with Crippen LogP contribution in [0.15, 0.2) is 78.0 Å². The molecule has 6 atom stereocenters. The van der Waals surface area contributed by atoms with Crippen molar-refractivity contribution in [3.05, 3.63) is 84.0 Å². The maximum Gasteiger partial charge on any atom is 0.412 e. The summed E-state index contributed by atoms with van der Waals surface area (Å²) in [6.07, 6.45) is 8.35. The SMILES string of the molecule is C=CCO[C@@]12Oc3ccc(OC(=O)NCc4ccccc4)cc3[C@H]3[C@H](CCCCO)[C@@H](CCCCO)C=C(C(=NOC(C)(C)C)C[C@@H]1N(CCC)C(=O)OCC(C)(C)C)[C@H]32. The van der Waals surface area contributed by atoms with Crippen LogP contribution in [-0.2, 0) is 20.9 Å². The second kappa shape index (κ2) is 20.9. The zero-order chi connectivity index (χ0) is 43.5. The lowest BCUT2D eigenvalue weighted by molar-refractivity contribution is -0.255. The summed E-state index contributed by atoms with van der Waals surface area (Å²) >= 11 is 0. The molecule has 12 nitrogen and oxygen atoms in total. The van der Waals surface area contributed by atoms with Crippen molar-refractivity contribution in [1.29, 1.82) is 0 Å². The van der Waals surface area contributed by atoms with Crippen LogP contribution in [0.2, 0.25) is 0 Å². The van der Waals surface area contributed by atoms with Crippen molar-refractivity contribution in [3.63, 3.8) is 0 Å². The molecule has 5 rings (SSSR count). The molecular formula is C48H69N3O9. The van der Waals surface area contributed by atoms with Crippen LogP contribution >= 0.6 is 0 Å². The van der Waals surface area contributed by atoms with E-state index in [0.29, 0.717) is 49.6 Å². The fourth-order valence-electron chi connectivity index (χ4n) is 8.79. The molecule has 1 aliphatic heterocycles. The van der Waals surface area contributed by atoms with Crippen molar-refractivity contribution in [1.82, 2.24) is 10.2 Å². The number of oxime groups is 1. The third-order valence-electron chi connectivity index (χ3n) is 11.3. The first kappa shape index (κ1) is 46.7. The maximum absolute atomic E-state index is 14.4. The van der Waals surface area contributed by atoms with Crippen molar-refractivity contribution in [2.45, 2.75) is 130 Å². The molecule has 0 radical (unpaired) electrons. The second-order valence-electron chi connectivity index (χ2n) is 18.5. The van der Waals surface area contributed by atoms with Gasteiger partial charge in [0.15, 0.2) is 0 Å². The molecule has 330 valence electrons. The fourth-order valence-corrected chi connectivity index (χ4v) is 8.79. The molecule has 1 heterocycles. The highest BCUT2D eigenvalue weighted by Crippen LogP contribution is 2.62. The summed E-state index contributed by atoms with van der Waals surface area (Å²) in [5.41, 5.74) is 2.56. The first-order chi connectivity index (χ1) is 28.6. The molecule has 1 fully saturated rings. The summed E-state index contributed by atoms with van der Waals surface area (Å²) in [6.45, 7) is 19.2. The number of fused-ring (bicyclic) bond motifs is 2. The van der Waals surface area contributed by atoms with E-state index >= 15 is 0 Å². The molecule has 2 aliphatic carbocycles. The number of carbonyl (C=O) groups is 2. The largest absolute Gasteiger partial charge is 0.459 e. The first-order valence-corrected chi connectivity index (χ1v) is 21.8. The highest BCUT2D eigenvalue weighted by atomic mass is 16.7. The molecular weight excluding hydrogens is 763 g/mol. The van der Waals surface area contributed by atoms with E-state index in [4.69, 9.17) is 28.9 Å². The monoisotopic (exact) mass is 832 g/mol. The van der Waals surface area contributed by atoms with Gasteiger partial charge in [-0.25, -0.2) is 9.59 Å². The highest BCUT2D eigenvalue weighted by molar-refractivity contribution is 6.03. The van der Waals surface area contributed by atoms with Gasteiger partial charge in [0.05, 0.1) is 24.8 Å². The lowest BCUT2D eigenvalue weighted by Gasteiger charge is -2.60. The molecule has 2 amide bonds. The van der Waals surface area contributed by atoms with Crippen molar-refractivity contribution in [2.75, 3.05) is 33.0 Å². The average Bonchev–Trinajstić information content (AvgIpc) is 3.21. The third-order valence-corrected chi connectivity index (χ3v) is 11.3. The minimum Gasteiger partial charge on any atom is -0.459 e. The third kappa shape index (κ3) is 11.7. The number of carbonyl (C=O) groups excluding carboxylic acids is 2. The van der Waals surface area contributed by atoms with Crippen LogP contribution in [-0.4, -0.2) is 83.4 Å². The van der Waals surface area contributed by atoms with Gasteiger partial charge in [-0.05, 0) is 99.5 Å². The Kier molecular flexibility index (Phi) is 16.3. The number of allylic oxidation sites excluding steroid dienone is 1. The van der Waals surface area contributed by atoms with Gasteiger partial charge in [0.25, 0.3) is 0 Å². The summed E-state index contributed by atoms with van der Waals surface area (Å²) < 4.78 is 26.3. The normalized spacial score (nSPS) is 24.0. The van der Waals surface area contributed by atoms with Gasteiger partial charge >= 0.3 is 12.2 Å². The minimum absolute atomic E-state index is 0.0107. The lowest BCUT2D eigenvalue weighted by atomic mass is 9.55. The zero-order valence-corrected chi connectivity index (χ0v) is 36.9. The minimum atomic E-state index is -1.42. The van der Waals surface area contributed by atoms with E-state index in [1.54, 1.807) is 17.0 Å². The van der Waals surface area contributed by atoms with Crippen LogP contribution < -0.4 is 14.8 Å². The van der Waals surface area contributed by atoms with E-state index in [2.05, 4.69) is 18.0 Å². The number of ether oxygens (including phenoxy) is 4. The number of unbranched alkanes of at least 4 members (excludes halogenated alkanes) is 2. The van der Waals surface area contributed by atoms with E-state index in [-0.39, 0.29) is 56.0 Å². The molecule has 0 saturated heterocycles. The Balaban J connectivity index is 1.72. The van der Waals surface area contributed by atoms with Gasteiger partial charge in [-0.1, -0.05) is 88.2 Å². The maximum atomic E-state index is 14.4. The van der Waals surface area contributed by atoms with Crippen LogP contribution in [0, 0.1) is 23.2 Å². The van der Waals surface area contributed by atoms with Crippen molar-refractivity contribution >= 4 is 17.9 Å². The van der Waals surface area contributed by atoms with Crippen molar-refractivity contribution in [2.24, 2.45) is 28.3 Å². The summed E-state index contributed by atoms with van der Waals surface area (Å²) in [5, 5.41) is 27.6. The molecule has 3 N–H and O–H groups in total. The Labute approximate surface area is 357 Å². The smallest absolute Gasteiger partial charge is 0.412 e. The van der Waals surface area contributed by atoms with E-state index in [0.717, 1.165) is 42.4 Å². The second-order valence-corrected chi connectivity index (χ2v) is 18.5. The van der Waals surface area contributed by atoms with Crippen LogP contribution in [0.25, 0.3) is 0 Å². The Hall–Kier alpha value is -4.39. The van der Waals surface area contributed by atoms with E-state index in [1.165, 1.54) is 0 Å². The predicted molar refractivity (Wildman–Crippen MR) is 233 cm³/mol. The number of aliphatic hydroxyl groups excluding tert-OH is 2. The van der Waals surface area contributed by atoms with Crippen LogP contribution in [0.4, 0.5) is 9.59 Å². The Bertz CT molecular complexity index is 1800. The Morgan fingerprint density at radius 1 is 1.02 bits per heavy atom. The summed E-state index contributed by atoms with van der Waals surface area (Å²) in [4.78, 5) is 35.6. The van der Waals surface area contributed by atoms with Gasteiger partial charge in [0, 0.05) is 44.2 Å².